The molecule has 4 aliphatic carbocycles. The second-order valence-corrected chi connectivity index (χ2v) is 10.3. The highest BCUT2D eigenvalue weighted by Crippen LogP contribution is 2.67. The number of rotatable bonds is 2. The standard InChI is InChI=1S/C24H35NO3/c1-4-15-6-8-18-17-7-5-16-13-20(26)21(28-22(27)10-12-25)14-24(16,3)19(17)9-11-23(15,18)2/h4,16-21,26H,5-11,13-14H2,1-3H3. The Hall–Kier alpha value is -1.34. The van der Waals surface area contributed by atoms with Crippen LogP contribution in [-0.4, -0.2) is 23.3 Å². The summed E-state index contributed by atoms with van der Waals surface area (Å²) in [4.78, 5) is 11.9. The van der Waals surface area contributed by atoms with Gasteiger partial charge in [0.15, 0.2) is 0 Å². The van der Waals surface area contributed by atoms with Gasteiger partial charge in [-0.15, -0.1) is 0 Å². The van der Waals surface area contributed by atoms with Crippen molar-refractivity contribution in [3.05, 3.63) is 11.6 Å². The maximum atomic E-state index is 11.9. The second-order valence-electron chi connectivity index (χ2n) is 10.3. The van der Waals surface area contributed by atoms with Crippen molar-refractivity contribution in [2.75, 3.05) is 0 Å². The van der Waals surface area contributed by atoms with Crippen LogP contribution < -0.4 is 0 Å². The van der Waals surface area contributed by atoms with Crippen LogP contribution in [0.15, 0.2) is 11.6 Å². The van der Waals surface area contributed by atoms with Gasteiger partial charge in [-0.2, -0.15) is 5.26 Å². The Morgan fingerprint density at radius 1 is 1.29 bits per heavy atom. The molecule has 0 bridgehead atoms. The predicted octanol–water partition coefficient (Wildman–Crippen LogP) is 4.77. The lowest BCUT2D eigenvalue weighted by molar-refractivity contribution is -0.181. The third kappa shape index (κ3) is 2.93. The molecule has 0 amide bonds. The Morgan fingerprint density at radius 2 is 2.07 bits per heavy atom. The number of carbonyl (C=O) groups excluding carboxylic acids is 1. The molecule has 0 aliphatic heterocycles. The van der Waals surface area contributed by atoms with Gasteiger partial charge in [0.05, 0.1) is 12.2 Å². The first-order valence-electron chi connectivity index (χ1n) is 11.2. The topological polar surface area (TPSA) is 70.3 Å². The van der Waals surface area contributed by atoms with Crippen molar-refractivity contribution in [2.45, 2.75) is 90.8 Å². The molecular formula is C24H35NO3. The molecular weight excluding hydrogens is 350 g/mol. The summed E-state index contributed by atoms with van der Waals surface area (Å²) in [6.07, 6.45) is 10.1. The number of hydrogen-bond acceptors (Lipinski definition) is 4. The molecule has 4 aliphatic rings. The molecule has 8 atom stereocenters. The molecule has 0 aromatic rings. The number of carbonyl (C=O) groups is 1. The predicted molar refractivity (Wildman–Crippen MR) is 107 cm³/mol. The van der Waals surface area contributed by atoms with Crippen LogP contribution >= 0.6 is 0 Å². The third-order valence-electron chi connectivity index (χ3n) is 9.36. The van der Waals surface area contributed by atoms with Gasteiger partial charge in [-0.05, 0) is 92.8 Å². The van der Waals surface area contributed by atoms with E-state index < -0.39 is 18.2 Å². The summed E-state index contributed by atoms with van der Waals surface area (Å²) in [6, 6.07) is 1.86. The van der Waals surface area contributed by atoms with E-state index in [2.05, 4.69) is 26.8 Å². The first kappa shape index (κ1) is 20.0. The number of nitrogens with zero attached hydrogens (tertiary/aromatic N) is 1. The zero-order chi connectivity index (χ0) is 20.1. The fourth-order valence-corrected chi connectivity index (χ4v) is 7.97. The summed E-state index contributed by atoms with van der Waals surface area (Å²) in [7, 11) is 0. The number of ether oxygens (including phenoxy) is 1. The summed E-state index contributed by atoms with van der Waals surface area (Å²) in [6.45, 7) is 7.11. The molecule has 8 unspecified atom stereocenters. The Balaban J connectivity index is 1.57. The van der Waals surface area contributed by atoms with Gasteiger partial charge in [-0.3, -0.25) is 4.79 Å². The molecule has 0 spiro atoms. The quantitative estimate of drug-likeness (QED) is 0.549. The maximum absolute atomic E-state index is 11.9. The van der Waals surface area contributed by atoms with E-state index in [1.807, 2.05) is 6.07 Å². The molecule has 154 valence electrons. The van der Waals surface area contributed by atoms with Gasteiger partial charge >= 0.3 is 5.97 Å². The Morgan fingerprint density at radius 3 is 2.79 bits per heavy atom. The zero-order valence-electron chi connectivity index (χ0n) is 17.6. The minimum atomic E-state index is -0.591. The first-order valence-corrected chi connectivity index (χ1v) is 11.2. The van der Waals surface area contributed by atoms with Crippen molar-refractivity contribution < 1.29 is 14.6 Å². The highest BCUT2D eigenvalue weighted by Gasteiger charge is 2.60. The average molecular weight is 386 g/mol. The molecule has 1 N–H and O–H groups in total. The first-order chi connectivity index (χ1) is 13.3. The van der Waals surface area contributed by atoms with Crippen LogP contribution in [-0.2, 0) is 9.53 Å². The van der Waals surface area contributed by atoms with E-state index in [1.165, 1.54) is 38.5 Å². The maximum Gasteiger partial charge on any atom is 0.320 e. The zero-order valence-corrected chi connectivity index (χ0v) is 17.6. The summed E-state index contributed by atoms with van der Waals surface area (Å²) < 4.78 is 5.56. The van der Waals surface area contributed by atoms with Gasteiger partial charge in [-0.1, -0.05) is 25.5 Å². The molecule has 4 rings (SSSR count). The SMILES string of the molecule is CC=C1CCC2C3CCC4CC(O)C(OC(=O)CC#N)CC4(C)C3CCC12C. The van der Waals surface area contributed by atoms with Gasteiger partial charge in [0.1, 0.15) is 12.5 Å². The van der Waals surface area contributed by atoms with Gasteiger partial charge < -0.3 is 9.84 Å². The highest BCUT2D eigenvalue weighted by atomic mass is 16.6. The number of allylic oxidation sites excluding steroid dienone is 2. The van der Waals surface area contributed by atoms with Gasteiger partial charge in [0.25, 0.3) is 0 Å². The highest BCUT2D eigenvalue weighted by molar-refractivity contribution is 5.72. The van der Waals surface area contributed by atoms with E-state index in [0.29, 0.717) is 17.3 Å². The molecule has 4 saturated carbocycles. The van der Waals surface area contributed by atoms with E-state index in [4.69, 9.17) is 10.00 Å². The number of fused-ring (bicyclic) bond motifs is 5. The van der Waals surface area contributed by atoms with E-state index >= 15 is 0 Å². The summed E-state index contributed by atoms with van der Waals surface area (Å²) in [5.74, 6) is 2.21. The third-order valence-corrected chi connectivity index (χ3v) is 9.36. The normalized spacial score (nSPS) is 48.9. The number of nitriles is 1. The van der Waals surface area contributed by atoms with Crippen molar-refractivity contribution >= 4 is 5.97 Å². The van der Waals surface area contributed by atoms with Crippen LogP contribution in [0.3, 0.4) is 0 Å². The molecule has 0 aromatic carbocycles. The summed E-state index contributed by atoms with van der Waals surface area (Å²) in [5, 5.41) is 19.4. The minimum absolute atomic E-state index is 0.125. The van der Waals surface area contributed by atoms with Crippen LogP contribution in [0.5, 0.6) is 0 Å². The van der Waals surface area contributed by atoms with Crippen molar-refractivity contribution in [3.8, 4) is 6.07 Å². The molecule has 4 fully saturated rings. The van der Waals surface area contributed by atoms with E-state index in [-0.39, 0.29) is 11.8 Å². The molecule has 0 heterocycles. The molecule has 28 heavy (non-hydrogen) atoms. The molecule has 0 saturated heterocycles. The largest absolute Gasteiger partial charge is 0.459 e. The number of aliphatic hydroxyl groups is 1. The van der Waals surface area contributed by atoms with Crippen molar-refractivity contribution in [3.63, 3.8) is 0 Å². The van der Waals surface area contributed by atoms with E-state index in [1.54, 1.807) is 5.57 Å². The lowest BCUT2D eigenvalue weighted by Crippen LogP contribution is -2.56. The number of hydrogen-bond donors (Lipinski definition) is 1. The lowest BCUT2D eigenvalue weighted by atomic mass is 9.44. The molecule has 0 radical (unpaired) electrons. The van der Waals surface area contributed by atoms with E-state index in [9.17, 15) is 9.90 Å². The van der Waals surface area contributed by atoms with Crippen LogP contribution in [0, 0.1) is 45.8 Å². The Bertz CT molecular complexity index is 709. The second kappa shape index (κ2) is 7.17. The average Bonchev–Trinajstić information content (AvgIpc) is 2.99. The van der Waals surface area contributed by atoms with Crippen molar-refractivity contribution in [1.82, 2.24) is 0 Å². The van der Waals surface area contributed by atoms with Crippen LogP contribution in [0.2, 0.25) is 0 Å². The minimum Gasteiger partial charge on any atom is -0.459 e. The van der Waals surface area contributed by atoms with Gasteiger partial charge in [-0.25, -0.2) is 0 Å². The fourth-order valence-electron chi connectivity index (χ4n) is 7.97. The fraction of sp³-hybridized carbons (Fsp3) is 0.833. The van der Waals surface area contributed by atoms with Crippen molar-refractivity contribution in [1.29, 1.82) is 5.26 Å². The molecule has 4 heteroatoms. The van der Waals surface area contributed by atoms with Crippen LogP contribution in [0.1, 0.15) is 78.6 Å². The molecule has 0 aromatic heterocycles. The lowest BCUT2D eigenvalue weighted by Gasteiger charge is -2.61. The Labute approximate surface area is 169 Å². The van der Waals surface area contributed by atoms with Crippen molar-refractivity contribution in [2.24, 2.45) is 34.5 Å². The number of esters is 1. The van der Waals surface area contributed by atoms with Gasteiger partial charge in [0.2, 0.25) is 0 Å². The monoisotopic (exact) mass is 385 g/mol. The Kier molecular flexibility index (Phi) is 5.11. The van der Waals surface area contributed by atoms with E-state index in [0.717, 1.165) is 24.7 Å². The van der Waals surface area contributed by atoms with Gasteiger partial charge in [0, 0.05) is 0 Å². The summed E-state index contributed by atoms with van der Waals surface area (Å²) >= 11 is 0. The van der Waals surface area contributed by atoms with Crippen LogP contribution in [0.25, 0.3) is 0 Å². The summed E-state index contributed by atoms with van der Waals surface area (Å²) in [5.41, 5.74) is 2.18. The van der Waals surface area contributed by atoms with Crippen LogP contribution in [0.4, 0.5) is 0 Å². The molecule has 4 nitrogen and oxygen atoms in total. The smallest absolute Gasteiger partial charge is 0.320 e. The number of aliphatic hydroxyl groups excluding tert-OH is 1.